The third kappa shape index (κ3) is 3.80. The zero-order chi connectivity index (χ0) is 9.45. The van der Waals surface area contributed by atoms with Gasteiger partial charge in [0.1, 0.15) is 0 Å². The van der Waals surface area contributed by atoms with Crippen molar-refractivity contribution in [1.82, 2.24) is 0 Å². The minimum absolute atomic E-state index is 0.441. The Morgan fingerprint density at radius 1 is 1.00 bits per heavy atom. The zero-order valence-corrected chi connectivity index (χ0v) is 9.58. The first-order valence-electron chi connectivity index (χ1n) is 5.30. The quantitative estimate of drug-likeness (QED) is 0.406. The largest absolute Gasteiger partial charge is 0.126 e. The second kappa shape index (κ2) is 6.77. The molecule has 0 amide bonds. The van der Waals surface area contributed by atoms with E-state index in [9.17, 15) is 0 Å². The molecule has 0 unspecified atom stereocenters. The van der Waals surface area contributed by atoms with Crippen molar-refractivity contribution < 1.29 is 0 Å². The van der Waals surface area contributed by atoms with E-state index in [0.717, 1.165) is 5.88 Å². The lowest BCUT2D eigenvalue weighted by Gasteiger charge is -2.29. The molecule has 0 aromatic heterocycles. The van der Waals surface area contributed by atoms with Gasteiger partial charge in [-0.05, 0) is 24.7 Å². The number of halogens is 1. The summed E-state index contributed by atoms with van der Waals surface area (Å²) in [6.07, 6.45) is 7.81. The summed E-state index contributed by atoms with van der Waals surface area (Å²) < 4.78 is 0. The Morgan fingerprint density at radius 3 is 1.92 bits per heavy atom. The zero-order valence-electron chi connectivity index (χ0n) is 8.83. The molecule has 0 spiro atoms. The third-order valence-corrected chi connectivity index (χ3v) is 3.66. The van der Waals surface area contributed by atoms with Crippen molar-refractivity contribution in [3.63, 3.8) is 0 Å². The summed E-state index contributed by atoms with van der Waals surface area (Å²) in [7, 11) is 0. The van der Waals surface area contributed by atoms with Crippen LogP contribution in [0, 0.1) is 5.41 Å². The van der Waals surface area contributed by atoms with Crippen LogP contribution in [0.3, 0.4) is 0 Å². The van der Waals surface area contributed by atoms with Crippen LogP contribution in [0.2, 0.25) is 0 Å². The van der Waals surface area contributed by atoms with Gasteiger partial charge in [-0.3, -0.25) is 0 Å². The van der Waals surface area contributed by atoms with Crippen LogP contribution in [0.15, 0.2) is 0 Å². The Morgan fingerprint density at radius 2 is 1.58 bits per heavy atom. The fourth-order valence-corrected chi connectivity index (χ4v) is 2.12. The van der Waals surface area contributed by atoms with E-state index in [1.165, 1.54) is 38.5 Å². The van der Waals surface area contributed by atoms with E-state index < -0.39 is 0 Å². The molecule has 74 valence electrons. The molecule has 0 N–H and O–H groups in total. The van der Waals surface area contributed by atoms with Crippen molar-refractivity contribution in [2.75, 3.05) is 5.88 Å². The first-order chi connectivity index (χ1) is 5.74. The van der Waals surface area contributed by atoms with Gasteiger partial charge in [0.2, 0.25) is 0 Å². The topological polar surface area (TPSA) is 0 Å². The summed E-state index contributed by atoms with van der Waals surface area (Å²) in [6, 6.07) is 0. The highest BCUT2D eigenvalue weighted by Gasteiger charge is 2.23. The van der Waals surface area contributed by atoms with E-state index in [0.29, 0.717) is 5.41 Å². The van der Waals surface area contributed by atoms with Crippen LogP contribution in [0.1, 0.15) is 59.3 Å². The van der Waals surface area contributed by atoms with Crippen LogP contribution in [0.25, 0.3) is 0 Å². The van der Waals surface area contributed by atoms with E-state index in [1.807, 2.05) is 0 Å². The highest BCUT2D eigenvalue weighted by atomic mass is 35.5. The molecule has 0 saturated carbocycles. The van der Waals surface area contributed by atoms with Crippen molar-refractivity contribution in [2.45, 2.75) is 59.3 Å². The van der Waals surface area contributed by atoms with Crippen LogP contribution >= 0.6 is 11.6 Å². The summed E-state index contributed by atoms with van der Waals surface area (Å²) in [4.78, 5) is 0. The summed E-state index contributed by atoms with van der Waals surface area (Å²) >= 11 is 6.00. The first-order valence-corrected chi connectivity index (χ1v) is 5.84. The average Bonchev–Trinajstić information content (AvgIpc) is 2.14. The molecule has 1 heteroatoms. The normalized spacial score (nSPS) is 12.0. The van der Waals surface area contributed by atoms with Gasteiger partial charge in [0, 0.05) is 5.88 Å². The smallest absolute Gasteiger partial charge is 0.0279 e. The monoisotopic (exact) mass is 190 g/mol. The van der Waals surface area contributed by atoms with E-state index in [4.69, 9.17) is 11.6 Å². The van der Waals surface area contributed by atoms with Gasteiger partial charge < -0.3 is 0 Å². The Kier molecular flexibility index (Phi) is 6.93. The van der Waals surface area contributed by atoms with Gasteiger partial charge in [0.05, 0.1) is 0 Å². The second-order valence-corrected chi connectivity index (χ2v) is 4.07. The van der Waals surface area contributed by atoms with Gasteiger partial charge >= 0.3 is 0 Å². The first kappa shape index (κ1) is 12.3. The van der Waals surface area contributed by atoms with Crippen molar-refractivity contribution in [1.29, 1.82) is 0 Å². The Labute approximate surface area is 82.7 Å². The van der Waals surface area contributed by atoms with Gasteiger partial charge in [-0.1, -0.05) is 40.0 Å². The van der Waals surface area contributed by atoms with Crippen LogP contribution in [0.5, 0.6) is 0 Å². The molecule has 0 nitrogen and oxygen atoms in total. The molecule has 0 aliphatic heterocycles. The van der Waals surface area contributed by atoms with Crippen LogP contribution in [-0.4, -0.2) is 5.88 Å². The lowest BCUT2D eigenvalue weighted by Crippen LogP contribution is -2.20. The van der Waals surface area contributed by atoms with Crippen LogP contribution in [-0.2, 0) is 0 Å². The van der Waals surface area contributed by atoms with Gasteiger partial charge in [-0.25, -0.2) is 0 Å². The highest BCUT2D eigenvalue weighted by molar-refractivity contribution is 6.18. The predicted molar refractivity (Wildman–Crippen MR) is 57.9 cm³/mol. The molecule has 0 aromatic rings. The molecule has 0 atom stereocenters. The Balaban J connectivity index is 3.76. The summed E-state index contributed by atoms with van der Waals surface area (Å²) in [5.74, 6) is 0.837. The fourth-order valence-electron chi connectivity index (χ4n) is 1.61. The molecule has 0 heterocycles. The number of alkyl halides is 1. The molecule has 0 rings (SSSR count). The second-order valence-electron chi connectivity index (χ2n) is 3.80. The van der Waals surface area contributed by atoms with Crippen molar-refractivity contribution >= 4 is 11.6 Å². The van der Waals surface area contributed by atoms with E-state index in [-0.39, 0.29) is 0 Å². The lowest BCUT2D eigenvalue weighted by atomic mass is 9.79. The predicted octanol–water partition coefficient (Wildman–Crippen LogP) is 4.61. The molecule has 0 aliphatic carbocycles. The minimum atomic E-state index is 0.441. The van der Waals surface area contributed by atoms with Crippen molar-refractivity contribution in [3.05, 3.63) is 0 Å². The highest BCUT2D eigenvalue weighted by Crippen LogP contribution is 2.33. The lowest BCUT2D eigenvalue weighted by molar-refractivity contribution is 0.268. The Bertz CT molecular complexity index is 86.9. The molecule has 0 radical (unpaired) electrons. The molecule has 0 bridgehead atoms. The Hall–Kier alpha value is 0.290. The van der Waals surface area contributed by atoms with Gasteiger partial charge in [-0.15, -0.1) is 11.6 Å². The van der Waals surface area contributed by atoms with Crippen LogP contribution < -0.4 is 0 Å². The molecular formula is C11H23Cl. The van der Waals surface area contributed by atoms with E-state index in [2.05, 4.69) is 20.8 Å². The fraction of sp³-hybridized carbons (Fsp3) is 1.00. The minimum Gasteiger partial charge on any atom is -0.126 e. The molecule has 0 aromatic carbocycles. The number of hydrogen-bond acceptors (Lipinski definition) is 0. The molecule has 12 heavy (non-hydrogen) atoms. The summed E-state index contributed by atoms with van der Waals surface area (Å²) in [5.41, 5.74) is 0.441. The molecular weight excluding hydrogens is 168 g/mol. The van der Waals surface area contributed by atoms with E-state index >= 15 is 0 Å². The van der Waals surface area contributed by atoms with Crippen LogP contribution in [0.4, 0.5) is 0 Å². The summed E-state index contributed by atoms with van der Waals surface area (Å²) in [5, 5.41) is 0. The maximum atomic E-state index is 6.00. The van der Waals surface area contributed by atoms with Crippen molar-refractivity contribution in [2.24, 2.45) is 5.41 Å². The van der Waals surface area contributed by atoms with E-state index in [1.54, 1.807) is 0 Å². The number of unbranched alkanes of at least 4 members (excludes halogenated alkanes) is 2. The number of rotatable bonds is 7. The summed E-state index contributed by atoms with van der Waals surface area (Å²) in [6.45, 7) is 6.77. The standard InChI is InChI=1S/C11H23Cl/c1-4-7-8-9-11(5-2,6-3)10-12/h4-10H2,1-3H3. The van der Waals surface area contributed by atoms with Gasteiger partial charge in [-0.2, -0.15) is 0 Å². The molecule has 0 aliphatic rings. The molecule has 0 fully saturated rings. The SMILES string of the molecule is CCCCCC(CC)(CC)CCl. The third-order valence-electron chi connectivity index (χ3n) is 3.09. The van der Waals surface area contributed by atoms with Gasteiger partial charge in [0.15, 0.2) is 0 Å². The maximum Gasteiger partial charge on any atom is 0.0279 e. The number of hydrogen-bond donors (Lipinski definition) is 0. The average molecular weight is 191 g/mol. The maximum absolute atomic E-state index is 6.00. The molecule has 0 saturated heterocycles. The van der Waals surface area contributed by atoms with Gasteiger partial charge in [0.25, 0.3) is 0 Å². The van der Waals surface area contributed by atoms with Crippen molar-refractivity contribution in [3.8, 4) is 0 Å².